The zero-order valence-corrected chi connectivity index (χ0v) is 14.2. The summed E-state index contributed by atoms with van der Waals surface area (Å²) >= 11 is 4.93. The van der Waals surface area contributed by atoms with E-state index in [1.54, 1.807) is 32.2 Å². The zero-order chi connectivity index (χ0) is 15.7. The smallest absolute Gasteiger partial charge is 0.242 e. The van der Waals surface area contributed by atoms with Crippen LogP contribution in [0.25, 0.3) is 0 Å². The summed E-state index contributed by atoms with van der Waals surface area (Å²) in [5.41, 5.74) is 6.96. The number of nitrogens with zero attached hydrogens (tertiary/aromatic N) is 1. The predicted molar refractivity (Wildman–Crippen MR) is 86.3 cm³/mol. The van der Waals surface area contributed by atoms with E-state index in [2.05, 4.69) is 0 Å². The summed E-state index contributed by atoms with van der Waals surface area (Å²) < 4.78 is 26.4. The van der Waals surface area contributed by atoms with Gasteiger partial charge in [0.2, 0.25) is 10.0 Å². The Labute approximate surface area is 127 Å². The molecule has 0 unspecified atom stereocenters. The third-order valence-electron chi connectivity index (χ3n) is 2.87. The maximum Gasteiger partial charge on any atom is 0.242 e. The predicted octanol–water partition coefficient (Wildman–Crippen LogP) is 2.30. The van der Waals surface area contributed by atoms with Crippen LogP contribution < -0.4 is 5.73 Å². The first-order chi connectivity index (χ1) is 8.95. The highest BCUT2D eigenvalue weighted by atomic mass is 32.2. The van der Waals surface area contributed by atoms with Crippen molar-refractivity contribution in [1.29, 1.82) is 0 Å². The fourth-order valence-corrected chi connectivity index (χ4v) is 3.72. The number of hydrogen-bond acceptors (Lipinski definition) is 3. The summed E-state index contributed by atoms with van der Waals surface area (Å²) in [6.07, 6.45) is 0. The van der Waals surface area contributed by atoms with E-state index in [-0.39, 0.29) is 15.3 Å². The Bertz CT molecular complexity index is 617. The first kappa shape index (κ1) is 17.1. The Balaban J connectivity index is 3.17. The van der Waals surface area contributed by atoms with E-state index in [4.69, 9.17) is 18.0 Å². The number of benzene rings is 1. The maximum atomic E-state index is 12.5. The first-order valence-corrected chi connectivity index (χ1v) is 8.17. The van der Waals surface area contributed by atoms with Gasteiger partial charge in [-0.1, -0.05) is 39.1 Å². The van der Waals surface area contributed by atoms with Crippen molar-refractivity contribution in [2.45, 2.75) is 32.6 Å². The van der Waals surface area contributed by atoms with Crippen molar-refractivity contribution < 1.29 is 8.42 Å². The summed E-state index contributed by atoms with van der Waals surface area (Å²) in [7, 11) is -1.89. The Kier molecular flexibility index (Phi) is 4.94. The molecule has 0 fully saturated rings. The van der Waals surface area contributed by atoms with Crippen molar-refractivity contribution in [3.05, 3.63) is 29.3 Å². The van der Waals surface area contributed by atoms with Gasteiger partial charge in [0.25, 0.3) is 0 Å². The van der Waals surface area contributed by atoms with Crippen LogP contribution in [0, 0.1) is 12.3 Å². The van der Waals surface area contributed by atoms with Gasteiger partial charge in [-0.25, -0.2) is 12.7 Å². The molecule has 0 aliphatic rings. The normalized spacial score (nSPS) is 12.7. The SMILES string of the molecule is Cc1cc(S(=O)(=O)N(C)CC(C)(C)C)ccc1C(N)=S. The summed E-state index contributed by atoms with van der Waals surface area (Å²) in [4.78, 5) is 0.538. The van der Waals surface area contributed by atoms with Gasteiger partial charge in [0.1, 0.15) is 4.99 Å². The number of nitrogens with two attached hydrogens (primary N) is 1. The molecule has 20 heavy (non-hydrogen) atoms. The molecule has 112 valence electrons. The summed E-state index contributed by atoms with van der Waals surface area (Å²) in [5, 5.41) is 0. The molecule has 2 N–H and O–H groups in total. The second-order valence-corrected chi connectivity index (χ2v) is 8.65. The third-order valence-corrected chi connectivity index (χ3v) is 4.89. The van der Waals surface area contributed by atoms with Gasteiger partial charge >= 0.3 is 0 Å². The van der Waals surface area contributed by atoms with Gasteiger partial charge in [-0.05, 0) is 30.0 Å². The van der Waals surface area contributed by atoms with Crippen LogP contribution in [0.1, 0.15) is 31.9 Å². The quantitative estimate of drug-likeness (QED) is 0.866. The van der Waals surface area contributed by atoms with E-state index in [1.807, 2.05) is 20.8 Å². The lowest BCUT2D eigenvalue weighted by Gasteiger charge is -2.26. The lowest BCUT2D eigenvalue weighted by molar-refractivity contribution is 0.311. The third kappa shape index (κ3) is 4.01. The number of rotatable bonds is 4. The minimum absolute atomic E-state index is 0.102. The topological polar surface area (TPSA) is 63.4 Å². The molecule has 0 amide bonds. The molecule has 6 heteroatoms. The van der Waals surface area contributed by atoms with Crippen LogP contribution in [0.4, 0.5) is 0 Å². The van der Waals surface area contributed by atoms with Crippen molar-refractivity contribution in [3.8, 4) is 0 Å². The number of aryl methyl sites for hydroxylation is 1. The molecular formula is C14H22N2O2S2. The number of hydrogen-bond donors (Lipinski definition) is 1. The van der Waals surface area contributed by atoms with Crippen molar-refractivity contribution in [2.24, 2.45) is 11.1 Å². The molecule has 0 saturated heterocycles. The zero-order valence-electron chi connectivity index (χ0n) is 12.6. The average molecular weight is 314 g/mol. The van der Waals surface area contributed by atoms with Gasteiger partial charge in [-0.2, -0.15) is 0 Å². The molecule has 0 radical (unpaired) electrons. The van der Waals surface area contributed by atoms with Gasteiger partial charge in [0.15, 0.2) is 0 Å². The molecule has 0 aliphatic carbocycles. The van der Waals surface area contributed by atoms with Crippen LogP contribution in [-0.4, -0.2) is 31.3 Å². The van der Waals surface area contributed by atoms with Gasteiger partial charge in [-0.3, -0.25) is 0 Å². The van der Waals surface area contributed by atoms with E-state index in [0.29, 0.717) is 12.1 Å². The molecule has 0 bridgehead atoms. The molecule has 1 aromatic carbocycles. The monoisotopic (exact) mass is 314 g/mol. The minimum Gasteiger partial charge on any atom is -0.389 e. The summed E-state index contributed by atoms with van der Waals surface area (Å²) in [6, 6.07) is 4.83. The van der Waals surface area contributed by atoms with Crippen molar-refractivity contribution in [1.82, 2.24) is 4.31 Å². The standard InChI is InChI=1S/C14H22N2O2S2/c1-10-8-11(6-7-12(10)13(15)19)20(17,18)16(5)9-14(2,3)4/h6-8H,9H2,1-5H3,(H2,15,19). The van der Waals surface area contributed by atoms with Crippen LogP contribution in [0.15, 0.2) is 23.1 Å². The average Bonchev–Trinajstić information content (AvgIpc) is 2.25. The molecule has 0 heterocycles. The van der Waals surface area contributed by atoms with Crippen LogP contribution in [0.2, 0.25) is 0 Å². The highest BCUT2D eigenvalue weighted by molar-refractivity contribution is 7.89. The highest BCUT2D eigenvalue weighted by Gasteiger charge is 2.25. The second kappa shape index (κ2) is 5.79. The molecular weight excluding hydrogens is 292 g/mol. The molecule has 0 aliphatic heterocycles. The molecule has 0 saturated carbocycles. The maximum absolute atomic E-state index is 12.5. The summed E-state index contributed by atoms with van der Waals surface area (Å²) in [5.74, 6) is 0. The molecule has 4 nitrogen and oxygen atoms in total. The van der Waals surface area contributed by atoms with E-state index in [9.17, 15) is 8.42 Å². The van der Waals surface area contributed by atoms with Crippen molar-refractivity contribution >= 4 is 27.2 Å². The van der Waals surface area contributed by atoms with Gasteiger partial charge in [-0.15, -0.1) is 0 Å². The second-order valence-electron chi connectivity index (χ2n) is 6.16. The molecule has 0 atom stereocenters. The fraction of sp³-hybridized carbons (Fsp3) is 0.500. The molecule has 0 aromatic heterocycles. The van der Waals surface area contributed by atoms with Crippen LogP contribution in [-0.2, 0) is 10.0 Å². The Morgan fingerprint density at radius 3 is 2.30 bits per heavy atom. The lowest BCUT2D eigenvalue weighted by Crippen LogP contribution is -2.34. The van der Waals surface area contributed by atoms with Crippen LogP contribution >= 0.6 is 12.2 Å². The van der Waals surface area contributed by atoms with E-state index in [1.165, 1.54) is 4.31 Å². The highest BCUT2D eigenvalue weighted by Crippen LogP contribution is 2.22. The van der Waals surface area contributed by atoms with Crippen molar-refractivity contribution in [3.63, 3.8) is 0 Å². The van der Waals surface area contributed by atoms with E-state index < -0.39 is 10.0 Å². The molecule has 1 aromatic rings. The van der Waals surface area contributed by atoms with Gasteiger partial charge in [0.05, 0.1) is 4.90 Å². The van der Waals surface area contributed by atoms with Gasteiger partial charge < -0.3 is 5.73 Å². The number of sulfonamides is 1. The minimum atomic E-state index is -3.49. The summed E-state index contributed by atoms with van der Waals surface area (Å²) in [6.45, 7) is 8.25. The van der Waals surface area contributed by atoms with Crippen molar-refractivity contribution in [2.75, 3.05) is 13.6 Å². The lowest BCUT2D eigenvalue weighted by atomic mass is 9.97. The Morgan fingerprint density at radius 1 is 1.35 bits per heavy atom. The Morgan fingerprint density at radius 2 is 1.90 bits per heavy atom. The molecule has 0 spiro atoms. The number of thiocarbonyl (C=S) groups is 1. The van der Waals surface area contributed by atoms with Crippen LogP contribution in [0.5, 0.6) is 0 Å². The van der Waals surface area contributed by atoms with E-state index in [0.717, 1.165) is 5.56 Å². The largest absolute Gasteiger partial charge is 0.389 e. The Hall–Kier alpha value is -0.980. The molecule has 1 rings (SSSR count). The van der Waals surface area contributed by atoms with Gasteiger partial charge in [0, 0.05) is 19.2 Å². The van der Waals surface area contributed by atoms with E-state index >= 15 is 0 Å². The fourth-order valence-electron chi connectivity index (χ4n) is 2.01. The first-order valence-electron chi connectivity index (χ1n) is 6.32. The van der Waals surface area contributed by atoms with Crippen LogP contribution in [0.3, 0.4) is 0 Å².